The van der Waals surface area contributed by atoms with Crippen LogP contribution < -0.4 is 5.32 Å². The molecule has 2 saturated carbocycles. The van der Waals surface area contributed by atoms with Crippen LogP contribution in [0.25, 0.3) is 0 Å². The largest absolute Gasteiger partial charge is 0.481 e. The number of rotatable bonds is 5. The van der Waals surface area contributed by atoms with Gasteiger partial charge in [-0.25, -0.2) is 0 Å². The summed E-state index contributed by atoms with van der Waals surface area (Å²) in [6.45, 7) is 2.04. The molecular weight excluding hydrogens is 218 g/mol. The number of hydrogen-bond donors (Lipinski definition) is 2. The van der Waals surface area contributed by atoms with Crippen molar-refractivity contribution in [1.82, 2.24) is 5.32 Å². The van der Waals surface area contributed by atoms with E-state index in [1.54, 1.807) is 0 Å². The van der Waals surface area contributed by atoms with Gasteiger partial charge in [-0.1, -0.05) is 12.8 Å². The summed E-state index contributed by atoms with van der Waals surface area (Å²) in [5.41, 5.74) is 0. The van der Waals surface area contributed by atoms with Crippen molar-refractivity contribution in [3.05, 3.63) is 0 Å². The Hall–Kier alpha value is -1.06. The molecule has 2 aliphatic carbocycles. The van der Waals surface area contributed by atoms with E-state index in [1.165, 1.54) is 12.8 Å². The van der Waals surface area contributed by atoms with Gasteiger partial charge in [0.15, 0.2) is 0 Å². The van der Waals surface area contributed by atoms with Gasteiger partial charge in [0.2, 0.25) is 5.91 Å². The van der Waals surface area contributed by atoms with Crippen molar-refractivity contribution >= 4 is 11.9 Å². The molecule has 0 aliphatic heterocycles. The zero-order chi connectivity index (χ0) is 12.4. The maximum absolute atomic E-state index is 11.9. The van der Waals surface area contributed by atoms with Crippen LogP contribution >= 0.6 is 0 Å². The Kier molecular flexibility index (Phi) is 3.69. The van der Waals surface area contributed by atoms with Gasteiger partial charge in [0, 0.05) is 12.0 Å². The van der Waals surface area contributed by atoms with E-state index in [1.807, 2.05) is 6.92 Å². The van der Waals surface area contributed by atoms with Crippen LogP contribution in [0.4, 0.5) is 0 Å². The second-order valence-corrected chi connectivity index (χ2v) is 5.63. The zero-order valence-electron chi connectivity index (χ0n) is 10.3. The predicted molar refractivity (Wildman–Crippen MR) is 63.4 cm³/mol. The molecule has 2 aliphatic rings. The van der Waals surface area contributed by atoms with Crippen LogP contribution in [0.2, 0.25) is 0 Å². The Labute approximate surface area is 102 Å². The highest BCUT2D eigenvalue weighted by Gasteiger charge is 2.34. The zero-order valence-corrected chi connectivity index (χ0v) is 10.3. The van der Waals surface area contributed by atoms with Crippen LogP contribution in [0.5, 0.6) is 0 Å². The molecule has 96 valence electrons. The molecule has 2 rings (SSSR count). The molecule has 2 N–H and O–H groups in total. The predicted octanol–water partition coefficient (Wildman–Crippen LogP) is 1.79. The minimum atomic E-state index is -0.758. The number of nitrogens with one attached hydrogen (secondary N) is 1. The van der Waals surface area contributed by atoms with Crippen LogP contribution in [0.1, 0.15) is 45.4 Å². The lowest BCUT2D eigenvalue weighted by Gasteiger charge is -2.16. The van der Waals surface area contributed by atoms with Gasteiger partial charge in [-0.15, -0.1) is 0 Å². The summed E-state index contributed by atoms with van der Waals surface area (Å²) < 4.78 is 0. The van der Waals surface area contributed by atoms with Gasteiger partial charge < -0.3 is 10.4 Å². The molecule has 0 aromatic heterocycles. The molecule has 0 radical (unpaired) electrons. The second-order valence-electron chi connectivity index (χ2n) is 5.63. The van der Waals surface area contributed by atoms with E-state index in [-0.39, 0.29) is 23.8 Å². The monoisotopic (exact) mass is 239 g/mol. The third-order valence-electron chi connectivity index (χ3n) is 3.93. The highest BCUT2D eigenvalue weighted by Crippen LogP contribution is 2.34. The molecule has 0 bridgehead atoms. The lowest BCUT2D eigenvalue weighted by Crippen LogP contribution is -2.37. The van der Waals surface area contributed by atoms with E-state index >= 15 is 0 Å². The Morgan fingerprint density at radius 2 is 1.88 bits per heavy atom. The standard InChI is InChI=1S/C13H21NO3/c1-8(6-9-2-3-9)14-12(15)10-4-5-11(7-10)13(16)17/h8-11H,2-7H2,1H3,(H,14,15)(H,16,17)/t8?,10-,11+/m1/s1. The minimum absolute atomic E-state index is 0.0573. The maximum Gasteiger partial charge on any atom is 0.306 e. The second kappa shape index (κ2) is 5.07. The number of carboxylic acids is 1. The van der Waals surface area contributed by atoms with Crippen LogP contribution in [0.15, 0.2) is 0 Å². The Morgan fingerprint density at radius 3 is 2.41 bits per heavy atom. The van der Waals surface area contributed by atoms with Gasteiger partial charge in [0.1, 0.15) is 0 Å². The average molecular weight is 239 g/mol. The number of carboxylic acid groups (broad SMARTS) is 1. The molecule has 3 atom stereocenters. The number of hydrogen-bond acceptors (Lipinski definition) is 2. The molecule has 0 spiro atoms. The molecule has 1 amide bonds. The lowest BCUT2D eigenvalue weighted by molar-refractivity contribution is -0.141. The maximum atomic E-state index is 11.9. The molecule has 0 heterocycles. The van der Waals surface area contributed by atoms with Crippen molar-refractivity contribution in [1.29, 1.82) is 0 Å². The SMILES string of the molecule is CC(CC1CC1)NC(=O)[C@@H]1CC[C@H](C(=O)O)C1. The average Bonchev–Trinajstić information content (AvgIpc) is 2.92. The summed E-state index contributed by atoms with van der Waals surface area (Å²) >= 11 is 0. The van der Waals surface area contributed by atoms with Crippen LogP contribution in [-0.2, 0) is 9.59 Å². The summed E-state index contributed by atoms with van der Waals surface area (Å²) in [5, 5.41) is 11.9. The van der Waals surface area contributed by atoms with E-state index in [4.69, 9.17) is 5.11 Å². The molecule has 0 aromatic rings. The van der Waals surface area contributed by atoms with Crippen LogP contribution in [0, 0.1) is 17.8 Å². The Morgan fingerprint density at radius 1 is 1.24 bits per heavy atom. The van der Waals surface area contributed by atoms with E-state index in [0.717, 1.165) is 18.8 Å². The fourth-order valence-electron chi connectivity index (χ4n) is 2.72. The van der Waals surface area contributed by atoms with Crippen LogP contribution in [-0.4, -0.2) is 23.0 Å². The summed E-state index contributed by atoms with van der Waals surface area (Å²) in [6, 6.07) is 0.235. The van der Waals surface area contributed by atoms with Crippen molar-refractivity contribution < 1.29 is 14.7 Å². The Balaban J connectivity index is 1.74. The smallest absolute Gasteiger partial charge is 0.306 e. The lowest BCUT2D eigenvalue weighted by atomic mass is 10.0. The highest BCUT2D eigenvalue weighted by molar-refractivity contribution is 5.81. The molecule has 4 nitrogen and oxygen atoms in total. The van der Waals surface area contributed by atoms with Crippen molar-refractivity contribution in [2.24, 2.45) is 17.8 Å². The summed E-state index contributed by atoms with van der Waals surface area (Å²) in [5.74, 6) is -0.295. The first kappa shape index (κ1) is 12.4. The van der Waals surface area contributed by atoms with Crippen molar-refractivity contribution in [3.8, 4) is 0 Å². The summed E-state index contributed by atoms with van der Waals surface area (Å²) in [7, 11) is 0. The van der Waals surface area contributed by atoms with E-state index in [2.05, 4.69) is 5.32 Å². The molecule has 0 aromatic carbocycles. The third kappa shape index (κ3) is 3.45. The quantitative estimate of drug-likeness (QED) is 0.768. The van der Waals surface area contributed by atoms with Gasteiger partial charge in [-0.05, 0) is 38.5 Å². The number of aliphatic carboxylic acids is 1. The van der Waals surface area contributed by atoms with Crippen molar-refractivity contribution in [2.45, 2.75) is 51.5 Å². The van der Waals surface area contributed by atoms with Gasteiger partial charge in [0.05, 0.1) is 5.92 Å². The highest BCUT2D eigenvalue weighted by atomic mass is 16.4. The van der Waals surface area contributed by atoms with E-state index in [0.29, 0.717) is 12.8 Å². The molecular formula is C13H21NO3. The fourth-order valence-corrected chi connectivity index (χ4v) is 2.72. The topological polar surface area (TPSA) is 66.4 Å². The third-order valence-corrected chi connectivity index (χ3v) is 3.93. The minimum Gasteiger partial charge on any atom is -0.481 e. The normalized spacial score (nSPS) is 29.9. The summed E-state index contributed by atoms with van der Waals surface area (Å²) in [6.07, 6.45) is 5.54. The summed E-state index contributed by atoms with van der Waals surface area (Å²) in [4.78, 5) is 22.7. The first-order valence-corrected chi connectivity index (χ1v) is 6.59. The molecule has 4 heteroatoms. The van der Waals surface area contributed by atoms with E-state index < -0.39 is 5.97 Å². The number of amides is 1. The number of carbonyl (C=O) groups excluding carboxylic acids is 1. The van der Waals surface area contributed by atoms with Crippen molar-refractivity contribution in [3.63, 3.8) is 0 Å². The van der Waals surface area contributed by atoms with Gasteiger partial charge in [-0.2, -0.15) is 0 Å². The van der Waals surface area contributed by atoms with Gasteiger partial charge in [0.25, 0.3) is 0 Å². The molecule has 2 fully saturated rings. The van der Waals surface area contributed by atoms with Gasteiger partial charge in [-0.3, -0.25) is 9.59 Å². The number of carbonyl (C=O) groups is 2. The first-order chi connectivity index (χ1) is 8.06. The molecule has 1 unspecified atom stereocenters. The first-order valence-electron chi connectivity index (χ1n) is 6.59. The van der Waals surface area contributed by atoms with E-state index in [9.17, 15) is 9.59 Å². The molecule has 0 saturated heterocycles. The molecule has 17 heavy (non-hydrogen) atoms. The van der Waals surface area contributed by atoms with Crippen LogP contribution in [0.3, 0.4) is 0 Å². The van der Waals surface area contributed by atoms with Crippen molar-refractivity contribution in [2.75, 3.05) is 0 Å². The van der Waals surface area contributed by atoms with Gasteiger partial charge >= 0.3 is 5.97 Å². The Bertz CT molecular complexity index is 312. The fraction of sp³-hybridized carbons (Fsp3) is 0.846.